The molecule has 0 saturated heterocycles. The number of hydrogen-bond acceptors (Lipinski definition) is 3. The number of aliphatic hydroxyl groups is 1. The Kier molecular flexibility index (Phi) is 5.03. The minimum Gasteiger partial charge on any atom is -0.392 e. The first-order chi connectivity index (χ1) is 9.89. The van der Waals surface area contributed by atoms with Crippen molar-refractivity contribution in [2.75, 3.05) is 4.72 Å². The first-order valence-electron chi connectivity index (χ1n) is 6.35. The highest BCUT2D eigenvalue weighted by Gasteiger charge is 2.14. The molecule has 2 aromatic carbocycles. The van der Waals surface area contributed by atoms with Gasteiger partial charge in [-0.3, -0.25) is 4.72 Å². The van der Waals surface area contributed by atoms with E-state index in [1.54, 1.807) is 36.4 Å². The van der Waals surface area contributed by atoms with E-state index in [1.807, 2.05) is 13.0 Å². The van der Waals surface area contributed by atoms with Crippen LogP contribution in [0.3, 0.4) is 0 Å². The van der Waals surface area contributed by atoms with Gasteiger partial charge >= 0.3 is 0 Å². The topological polar surface area (TPSA) is 66.4 Å². The van der Waals surface area contributed by atoms with Gasteiger partial charge in [-0.25, -0.2) is 8.42 Å². The van der Waals surface area contributed by atoms with Gasteiger partial charge in [0.25, 0.3) is 0 Å². The number of halogens is 1. The van der Waals surface area contributed by atoms with Crippen molar-refractivity contribution >= 4 is 31.6 Å². The molecule has 0 aromatic heterocycles. The van der Waals surface area contributed by atoms with E-state index in [9.17, 15) is 8.42 Å². The summed E-state index contributed by atoms with van der Waals surface area (Å²) in [5, 5.41) is 9.09. The largest absolute Gasteiger partial charge is 0.392 e. The van der Waals surface area contributed by atoms with Crippen LogP contribution in [0.2, 0.25) is 0 Å². The van der Waals surface area contributed by atoms with Gasteiger partial charge < -0.3 is 5.11 Å². The third-order valence-electron chi connectivity index (χ3n) is 2.92. The smallest absolute Gasteiger partial charge is 0.236 e. The second-order valence-corrected chi connectivity index (χ2v) is 7.40. The molecule has 0 atom stereocenters. The second kappa shape index (κ2) is 6.60. The number of benzene rings is 2. The molecule has 0 aliphatic carbocycles. The molecule has 0 heterocycles. The van der Waals surface area contributed by atoms with E-state index in [-0.39, 0.29) is 12.4 Å². The summed E-state index contributed by atoms with van der Waals surface area (Å²) in [7, 11) is -3.51. The van der Waals surface area contributed by atoms with Crippen LogP contribution in [0.25, 0.3) is 0 Å². The molecule has 4 nitrogen and oxygen atoms in total. The predicted molar refractivity (Wildman–Crippen MR) is 87.5 cm³/mol. The van der Waals surface area contributed by atoms with E-state index in [4.69, 9.17) is 5.11 Å². The van der Waals surface area contributed by atoms with Crippen molar-refractivity contribution in [1.29, 1.82) is 0 Å². The van der Waals surface area contributed by atoms with Crippen LogP contribution in [0, 0.1) is 6.92 Å². The van der Waals surface area contributed by atoms with Crippen LogP contribution in [-0.2, 0) is 22.4 Å². The molecule has 0 bridgehead atoms. The Hall–Kier alpha value is -1.37. The molecular formula is C15H16BrNO3S. The summed E-state index contributed by atoms with van der Waals surface area (Å²) < 4.78 is 27.7. The highest BCUT2D eigenvalue weighted by molar-refractivity contribution is 9.10. The van der Waals surface area contributed by atoms with Crippen molar-refractivity contribution in [3.8, 4) is 0 Å². The van der Waals surface area contributed by atoms with Crippen molar-refractivity contribution in [2.24, 2.45) is 0 Å². The first kappa shape index (κ1) is 16.0. The summed E-state index contributed by atoms with van der Waals surface area (Å²) in [4.78, 5) is 0. The van der Waals surface area contributed by atoms with Crippen LogP contribution in [0.4, 0.5) is 5.69 Å². The van der Waals surface area contributed by atoms with Gasteiger partial charge in [0.15, 0.2) is 0 Å². The number of nitrogens with one attached hydrogen (secondary N) is 1. The van der Waals surface area contributed by atoms with Gasteiger partial charge in [0.05, 0.1) is 18.0 Å². The van der Waals surface area contributed by atoms with Crippen LogP contribution in [-0.4, -0.2) is 13.5 Å². The van der Waals surface area contributed by atoms with E-state index in [0.29, 0.717) is 21.3 Å². The molecule has 0 radical (unpaired) electrons. The number of aliphatic hydroxyl groups excluding tert-OH is 1. The second-order valence-electron chi connectivity index (χ2n) is 4.82. The SMILES string of the molecule is Cc1ccc(Br)c(NS(=O)(=O)Cc2cccc(CO)c2)c1. The Balaban J connectivity index is 2.20. The average molecular weight is 370 g/mol. The molecular weight excluding hydrogens is 354 g/mol. The third-order valence-corrected chi connectivity index (χ3v) is 4.85. The van der Waals surface area contributed by atoms with Crippen LogP contribution < -0.4 is 4.72 Å². The molecule has 0 amide bonds. The van der Waals surface area contributed by atoms with Crippen molar-refractivity contribution in [2.45, 2.75) is 19.3 Å². The Morgan fingerprint density at radius 1 is 1.14 bits per heavy atom. The van der Waals surface area contributed by atoms with E-state index < -0.39 is 10.0 Å². The molecule has 6 heteroatoms. The Labute approximate surface area is 133 Å². The van der Waals surface area contributed by atoms with Crippen LogP contribution in [0.5, 0.6) is 0 Å². The van der Waals surface area contributed by atoms with Crippen molar-refractivity contribution in [3.05, 3.63) is 63.6 Å². The maximum absolute atomic E-state index is 12.2. The third kappa shape index (κ3) is 4.56. The summed E-state index contributed by atoms with van der Waals surface area (Å²) in [6.07, 6.45) is 0. The van der Waals surface area contributed by atoms with E-state index >= 15 is 0 Å². The summed E-state index contributed by atoms with van der Waals surface area (Å²) >= 11 is 3.33. The number of aryl methyl sites for hydroxylation is 1. The van der Waals surface area contributed by atoms with Crippen LogP contribution in [0.1, 0.15) is 16.7 Å². The van der Waals surface area contributed by atoms with E-state index in [2.05, 4.69) is 20.7 Å². The highest BCUT2D eigenvalue weighted by atomic mass is 79.9. The lowest BCUT2D eigenvalue weighted by Crippen LogP contribution is -2.15. The van der Waals surface area contributed by atoms with Gasteiger partial charge in [0, 0.05) is 4.47 Å². The van der Waals surface area contributed by atoms with Gasteiger partial charge in [-0.15, -0.1) is 0 Å². The van der Waals surface area contributed by atoms with Gasteiger partial charge in [-0.2, -0.15) is 0 Å². The standard InChI is InChI=1S/C15H16BrNO3S/c1-11-5-6-14(16)15(7-11)17-21(19,20)10-13-4-2-3-12(8-13)9-18/h2-8,17-18H,9-10H2,1H3. The fourth-order valence-corrected chi connectivity index (χ4v) is 3.63. The molecule has 2 N–H and O–H groups in total. The zero-order valence-corrected chi connectivity index (χ0v) is 13.9. The van der Waals surface area contributed by atoms with Crippen molar-refractivity contribution in [1.82, 2.24) is 0 Å². The van der Waals surface area contributed by atoms with Gasteiger partial charge in [-0.05, 0) is 51.7 Å². The van der Waals surface area contributed by atoms with Gasteiger partial charge in [0.2, 0.25) is 10.0 Å². The van der Waals surface area contributed by atoms with Crippen molar-refractivity contribution in [3.63, 3.8) is 0 Å². The molecule has 0 aliphatic rings. The molecule has 0 spiro atoms. The Morgan fingerprint density at radius 2 is 1.86 bits per heavy atom. The Bertz CT molecular complexity index is 744. The van der Waals surface area contributed by atoms with E-state index in [1.165, 1.54) is 0 Å². The first-order valence-corrected chi connectivity index (χ1v) is 8.79. The minimum absolute atomic E-state index is 0.106. The predicted octanol–water partition coefficient (Wildman–Crippen LogP) is 3.19. The normalized spacial score (nSPS) is 11.4. The minimum atomic E-state index is -3.51. The molecule has 0 saturated carbocycles. The molecule has 0 aliphatic heterocycles. The molecule has 2 rings (SSSR count). The number of sulfonamides is 1. The Morgan fingerprint density at radius 3 is 2.57 bits per heavy atom. The molecule has 21 heavy (non-hydrogen) atoms. The summed E-state index contributed by atoms with van der Waals surface area (Å²) in [5.41, 5.74) is 2.82. The van der Waals surface area contributed by atoms with Crippen molar-refractivity contribution < 1.29 is 13.5 Å². The zero-order valence-electron chi connectivity index (χ0n) is 11.5. The number of anilines is 1. The zero-order chi connectivity index (χ0) is 15.5. The summed E-state index contributed by atoms with van der Waals surface area (Å²) in [6, 6.07) is 12.4. The van der Waals surface area contributed by atoms with Gasteiger partial charge in [0.1, 0.15) is 0 Å². The molecule has 112 valence electrons. The maximum atomic E-state index is 12.2. The maximum Gasteiger partial charge on any atom is 0.236 e. The lowest BCUT2D eigenvalue weighted by atomic mass is 10.1. The fraction of sp³-hybridized carbons (Fsp3) is 0.200. The quantitative estimate of drug-likeness (QED) is 0.850. The molecule has 2 aromatic rings. The summed E-state index contributed by atoms with van der Waals surface area (Å²) in [5.74, 6) is -0.138. The fourth-order valence-electron chi connectivity index (χ4n) is 1.96. The lowest BCUT2D eigenvalue weighted by Gasteiger charge is -2.11. The molecule has 0 unspecified atom stereocenters. The van der Waals surface area contributed by atoms with Gasteiger partial charge in [-0.1, -0.05) is 30.3 Å². The van der Waals surface area contributed by atoms with Crippen LogP contribution >= 0.6 is 15.9 Å². The number of rotatable bonds is 5. The number of hydrogen-bond donors (Lipinski definition) is 2. The monoisotopic (exact) mass is 369 g/mol. The highest BCUT2D eigenvalue weighted by Crippen LogP contribution is 2.25. The van der Waals surface area contributed by atoms with Crippen LogP contribution in [0.15, 0.2) is 46.9 Å². The van der Waals surface area contributed by atoms with E-state index in [0.717, 1.165) is 5.56 Å². The molecule has 0 fully saturated rings. The lowest BCUT2D eigenvalue weighted by molar-refractivity contribution is 0.282. The average Bonchev–Trinajstić information content (AvgIpc) is 2.42. The summed E-state index contributed by atoms with van der Waals surface area (Å²) in [6.45, 7) is 1.79.